The van der Waals surface area contributed by atoms with Crippen LogP contribution in [0.3, 0.4) is 0 Å². The molecule has 2 nitrogen and oxygen atoms in total. The quantitative estimate of drug-likeness (QED) is 0.113. The minimum absolute atomic E-state index is 0. The zero-order valence-corrected chi connectivity index (χ0v) is 28.8. The third-order valence-electron chi connectivity index (χ3n) is 7.11. The summed E-state index contributed by atoms with van der Waals surface area (Å²) in [6.45, 7) is 7.24. The summed E-state index contributed by atoms with van der Waals surface area (Å²) >= 11 is 0. The second-order valence-electron chi connectivity index (χ2n) is 13.5. The molecule has 0 radical (unpaired) electrons. The fraction of sp³-hybridized carbons (Fsp3) is 1.00. The fourth-order valence-corrected chi connectivity index (χ4v) is 4.68. The molecule has 0 saturated heterocycles. The van der Waals surface area contributed by atoms with Crippen molar-refractivity contribution in [1.82, 2.24) is 0 Å². The molecule has 0 fully saturated rings. The third kappa shape index (κ3) is 49.9. The van der Waals surface area contributed by atoms with Gasteiger partial charge in [-0.3, -0.25) is 0 Å². The maximum absolute atomic E-state index is 2.29. The molecule has 0 aliphatic carbocycles. The predicted molar refractivity (Wildman–Crippen MR) is 163 cm³/mol. The number of hydrogen-bond acceptors (Lipinski definition) is 0. The van der Waals surface area contributed by atoms with E-state index < -0.39 is 0 Å². The number of halogens is 2. The summed E-state index contributed by atoms with van der Waals surface area (Å²) in [5.41, 5.74) is 0. The number of quaternary nitrogens is 2. The Kier molecular flexibility index (Phi) is 39.4. The van der Waals surface area contributed by atoms with E-state index in [1.165, 1.54) is 161 Å². The van der Waals surface area contributed by atoms with Crippen LogP contribution in [0, 0.1) is 0 Å². The lowest BCUT2D eigenvalue weighted by atomic mass is 10.1. The number of unbranched alkanes of at least 4 members (excludes halogenated alkanes) is 21. The van der Waals surface area contributed by atoms with Crippen LogP contribution >= 0.6 is 0 Å². The van der Waals surface area contributed by atoms with Gasteiger partial charge in [-0.05, 0) is 25.7 Å². The van der Waals surface area contributed by atoms with Crippen LogP contribution in [-0.2, 0) is 0 Å². The molecule has 0 rings (SSSR count). The van der Waals surface area contributed by atoms with Crippen LogP contribution in [0.5, 0.6) is 0 Å². The summed E-state index contributed by atoms with van der Waals surface area (Å²) in [6.07, 6.45) is 33.3. The van der Waals surface area contributed by atoms with E-state index in [2.05, 4.69) is 56.1 Å². The van der Waals surface area contributed by atoms with E-state index in [0.29, 0.717) is 0 Å². The van der Waals surface area contributed by atoms with E-state index >= 15 is 0 Å². The Morgan fingerprint density at radius 3 is 0.595 bits per heavy atom. The van der Waals surface area contributed by atoms with Gasteiger partial charge in [0.05, 0.1) is 55.4 Å². The maximum Gasteiger partial charge on any atom is 0.0780 e. The average Bonchev–Trinajstić information content (AvgIpc) is 2.77. The molecular formula is C33H74Cl2N2. The van der Waals surface area contributed by atoms with Gasteiger partial charge in [-0.15, -0.1) is 0 Å². The van der Waals surface area contributed by atoms with Crippen molar-refractivity contribution in [3.8, 4) is 0 Å². The van der Waals surface area contributed by atoms with Gasteiger partial charge in [-0.25, -0.2) is 0 Å². The van der Waals surface area contributed by atoms with Gasteiger partial charge in [0.1, 0.15) is 0 Å². The summed E-state index contributed by atoms with van der Waals surface area (Å²) in [5.74, 6) is 0. The molecule has 0 aromatic heterocycles. The van der Waals surface area contributed by atoms with Gasteiger partial charge in [-0.1, -0.05) is 136 Å². The Morgan fingerprint density at radius 1 is 0.270 bits per heavy atom. The Balaban J connectivity index is -0.000000280. The fourth-order valence-electron chi connectivity index (χ4n) is 4.68. The minimum atomic E-state index is 0. The van der Waals surface area contributed by atoms with E-state index in [1.807, 2.05) is 0 Å². The van der Waals surface area contributed by atoms with E-state index in [-0.39, 0.29) is 24.8 Å². The Bertz CT molecular complexity index is 389. The molecule has 4 heteroatoms. The largest absolute Gasteiger partial charge is 1.00 e. The minimum Gasteiger partial charge on any atom is -1.00 e. The molecule has 0 atom stereocenters. The first-order valence-electron chi connectivity index (χ1n) is 16.2. The van der Waals surface area contributed by atoms with Crippen LogP contribution in [0.15, 0.2) is 0 Å². The normalized spacial score (nSPS) is 11.4. The average molecular weight is 570 g/mol. The maximum atomic E-state index is 2.29. The van der Waals surface area contributed by atoms with Crippen molar-refractivity contribution in [3.05, 3.63) is 0 Å². The highest BCUT2D eigenvalue weighted by Crippen LogP contribution is 2.13. The molecule has 37 heavy (non-hydrogen) atoms. The molecule has 0 saturated carbocycles. The van der Waals surface area contributed by atoms with Crippen LogP contribution in [0.4, 0.5) is 0 Å². The third-order valence-corrected chi connectivity index (χ3v) is 7.11. The highest BCUT2D eigenvalue weighted by molar-refractivity contribution is 4.49. The summed E-state index contributed by atoms with van der Waals surface area (Å²) in [7, 11) is 13.7. The second kappa shape index (κ2) is 32.7. The highest BCUT2D eigenvalue weighted by atomic mass is 35.5. The molecule has 0 spiro atoms. The van der Waals surface area contributed by atoms with E-state index in [9.17, 15) is 0 Å². The Morgan fingerprint density at radius 2 is 0.432 bits per heavy atom. The number of hydrogen-bond donors (Lipinski definition) is 0. The van der Waals surface area contributed by atoms with Crippen LogP contribution in [-0.4, -0.2) is 64.3 Å². The Hall–Kier alpha value is 0.500. The first kappa shape index (κ1) is 44.5. The molecule has 0 aliphatic rings. The van der Waals surface area contributed by atoms with Crippen LogP contribution in [0.25, 0.3) is 0 Å². The lowest BCUT2D eigenvalue weighted by Crippen LogP contribution is -3.00. The smallest absolute Gasteiger partial charge is 0.0780 e. The van der Waals surface area contributed by atoms with Crippen LogP contribution in [0.1, 0.15) is 162 Å². The van der Waals surface area contributed by atoms with Crippen LogP contribution < -0.4 is 24.8 Å². The van der Waals surface area contributed by atoms with Gasteiger partial charge in [0.25, 0.3) is 0 Å². The monoisotopic (exact) mass is 569 g/mol. The van der Waals surface area contributed by atoms with Crippen molar-refractivity contribution in [2.75, 3.05) is 55.4 Å². The van der Waals surface area contributed by atoms with Gasteiger partial charge in [0, 0.05) is 0 Å². The van der Waals surface area contributed by atoms with Gasteiger partial charge in [0.15, 0.2) is 0 Å². The lowest BCUT2D eigenvalue weighted by molar-refractivity contribution is -0.870. The molecule has 0 amide bonds. The second-order valence-corrected chi connectivity index (χ2v) is 13.5. The zero-order valence-electron chi connectivity index (χ0n) is 27.3. The summed E-state index contributed by atoms with van der Waals surface area (Å²) in [4.78, 5) is 0. The molecular weight excluding hydrogens is 495 g/mol. The molecule has 0 aromatic rings. The van der Waals surface area contributed by atoms with Gasteiger partial charge >= 0.3 is 0 Å². The molecule has 230 valence electrons. The van der Waals surface area contributed by atoms with Crippen LogP contribution in [0.2, 0.25) is 0 Å². The summed E-state index contributed by atoms with van der Waals surface area (Å²) in [6, 6.07) is 0. The summed E-state index contributed by atoms with van der Waals surface area (Å²) in [5, 5.41) is 0. The standard InChI is InChI=1S/C17H38N.C16H36N.2ClH/c1-5-6-7-8-9-10-11-12-13-14-15-16-17-18(2,3)4;1-5-6-7-8-9-10-11-12-13-14-15-16-17(2,3)4;;/h5-17H2,1-4H3;5-16H2,1-4H3;2*1H/q2*+1;;/p-2. The van der Waals surface area contributed by atoms with Crippen molar-refractivity contribution < 1.29 is 33.8 Å². The van der Waals surface area contributed by atoms with Gasteiger partial charge < -0.3 is 33.8 Å². The van der Waals surface area contributed by atoms with Crippen molar-refractivity contribution in [3.63, 3.8) is 0 Å². The first-order chi connectivity index (χ1) is 16.6. The van der Waals surface area contributed by atoms with E-state index in [4.69, 9.17) is 0 Å². The van der Waals surface area contributed by atoms with Crippen molar-refractivity contribution >= 4 is 0 Å². The number of rotatable bonds is 25. The van der Waals surface area contributed by atoms with Crippen molar-refractivity contribution in [2.45, 2.75) is 162 Å². The molecule has 0 aliphatic heterocycles. The van der Waals surface area contributed by atoms with E-state index in [1.54, 1.807) is 0 Å². The molecule has 0 unspecified atom stereocenters. The van der Waals surface area contributed by atoms with Crippen molar-refractivity contribution in [1.29, 1.82) is 0 Å². The highest BCUT2D eigenvalue weighted by Gasteiger charge is 2.05. The molecule has 0 bridgehead atoms. The zero-order chi connectivity index (χ0) is 26.7. The predicted octanol–water partition coefficient (Wildman–Crippen LogP) is 4.41. The Labute approximate surface area is 250 Å². The molecule has 0 heterocycles. The molecule has 0 N–H and O–H groups in total. The molecule has 0 aromatic carbocycles. The first-order valence-corrected chi connectivity index (χ1v) is 16.2. The van der Waals surface area contributed by atoms with Gasteiger partial charge in [0.2, 0.25) is 0 Å². The topological polar surface area (TPSA) is 0 Å². The van der Waals surface area contributed by atoms with Gasteiger partial charge in [-0.2, -0.15) is 0 Å². The summed E-state index contributed by atoms with van der Waals surface area (Å²) < 4.78 is 2.25. The van der Waals surface area contributed by atoms with E-state index in [0.717, 1.165) is 8.97 Å². The SMILES string of the molecule is CCCCCCCCCCCCCC[N+](C)(C)C.CCCCCCCCCCCCC[N+](C)(C)C.[Cl-].[Cl-]. The number of nitrogens with zero attached hydrogens (tertiary/aromatic N) is 2. The lowest BCUT2D eigenvalue weighted by Gasteiger charge is -2.23. The van der Waals surface area contributed by atoms with Crippen molar-refractivity contribution in [2.24, 2.45) is 0 Å².